The zero-order chi connectivity index (χ0) is 8.81. The van der Waals surface area contributed by atoms with Crippen LogP contribution in [0.2, 0.25) is 0 Å². The summed E-state index contributed by atoms with van der Waals surface area (Å²) in [5, 5.41) is 6.54. The minimum absolute atomic E-state index is 0.679. The van der Waals surface area contributed by atoms with Crippen molar-refractivity contribution in [3.63, 3.8) is 0 Å². The molecule has 0 aromatic rings. The lowest BCUT2D eigenvalue weighted by atomic mass is 10.2. The zero-order valence-corrected chi connectivity index (χ0v) is 8.06. The fourth-order valence-electron chi connectivity index (χ4n) is 1.40. The summed E-state index contributed by atoms with van der Waals surface area (Å²) < 4.78 is 0. The van der Waals surface area contributed by atoms with Crippen molar-refractivity contribution in [1.29, 1.82) is 0 Å². The van der Waals surface area contributed by atoms with Crippen LogP contribution >= 0.6 is 0 Å². The van der Waals surface area contributed by atoms with Gasteiger partial charge < -0.3 is 10.6 Å². The minimum atomic E-state index is 0.679. The Labute approximate surface area is 74.6 Å². The molecule has 1 rings (SSSR count). The van der Waals surface area contributed by atoms with E-state index in [2.05, 4.69) is 22.5 Å². The molecule has 12 heavy (non-hydrogen) atoms. The standard InChI is InChI=1S/C9H19N3/c1-8(6-10-2)7-12-9-4-3-5-11-9/h8,10H,3-7H2,1-2H3,(H,11,12). The molecule has 0 saturated heterocycles. The van der Waals surface area contributed by atoms with Gasteiger partial charge in [-0.25, -0.2) is 0 Å². The van der Waals surface area contributed by atoms with E-state index < -0.39 is 0 Å². The van der Waals surface area contributed by atoms with E-state index in [1.54, 1.807) is 0 Å². The number of aliphatic imine (C=N–C) groups is 1. The van der Waals surface area contributed by atoms with Gasteiger partial charge in [0, 0.05) is 19.5 Å². The van der Waals surface area contributed by atoms with Crippen LogP contribution in [0.4, 0.5) is 0 Å². The fourth-order valence-corrected chi connectivity index (χ4v) is 1.40. The predicted octanol–water partition coefficient (Wildman–Crippen LogP) is 0.624. The quantitative estimate of drug-likeness (QED) is 0.647. The highest BCUT2D eigenvalue weighted by Gasteiger charge is 2.06. The maximum Gasteiger partial charge on any atom is 0.0963 e. The maximum atomic E-state index is 4.35. The van der Waals surface area contributed by atoms with E-state index in [4.69, 9.17) is 0 Å². The second-order valence-electron chi connectivity index (χ2n) is 3.48. The van der Waals surface area contributed by atoms with Gasteiger partial charge in [0.1, 0.15) is 0 Å². The lowest BCUT2D eigenvalue weighted by Gasteiger charge is -2.12. The van der Waals surface area contributed by atoms with E-state index in [0.717, 1.165) is 26.1 Å². The van der Waals surface area contributed by atoms with Crippen molar-refractivity contribution in [2.24, 2.45) is 10.9 Å². The molecule has 0 fully saturated rings. The van der Waals surface area contributed by atoms with Gasteiger partial charge >= 0.3 is 0 Å². The van der Waals surface area contributed by atoms with Crippen LogP contribution in [-0.2, 0) is 0 Å². The van der Waals surface area contributed by atoms with Crippen molar-refractivity contribution in [3.8, 4) is 0 Å². The van der Waals surface area contributed by atoms with Crippen LogP contribution in [0.3, 0.4) is 0 Å². The Kier molecular flexibility index (Phi) is 4.08. The number of rotatable bonds is 4. The van der Waals surface area contributed by atoms with Gasteiger partial charge in [-0.2, -0.15) is 0 Å². The van der Waals surface area contributed by atoms with Crippen molar-refractivity contribution in [1.82, 2.24) is 10.6 Å². The van der Waals surface area contributed by atoms with E-state index in [0.29, 0.717) is 5.92 Å². The summed E-state index contributed by atoms with van der Waals surface area (Å²) in [6, 6.07) is 0. The van der Waals surface area contributed by atoms with E-state index in [1.165, 1.54) is 12.3 Å². The molecule has 2 N–H and O–H groups in total. The first kappa shape index (κ1) is 9.52. The van der Waals surface area contributed by atoms with Crippen molar-refractivity contribution < 1.29 is 0 Å². The Balaban J connectivity index is 2.07. The lowest BCUT2D eigenvalue weighted by molar-refractivity contribution is 0.532. The molecule has 0 spiro atoms. The Hall–Kier alpha value is -0.570. The summed E-state index contributed by atoms with van der Waals surface area (Å²) >= 11 is 0. The first-order chi connectivity index (χ1) is 5.83. The fraction of sp³-hybridized carbons (Fsp3) is 0.889. The minimum Gasteiger partial charge on any atom is -0.374 e. The molecular weight excluding hydrogens is 150 g/mol. The van der Waals surface area contributed by atoms with Crippen molar-refractivity contribution in [3.05, 3.63) is 0 Å². The third kappa shape index (κ3) is 3.22. The topological polar surface area (TPSA) is 36.4 Å². The predicted molar refractivity (Wildman–Crippen MR) is 52.6 cm³/mol. The number of hydrogen-bond donors (Lipinski definition) is 2. The summed E-state index contributed by atoms with van der Waals surface area (Å²) in [5.74, 6) is 1.89. The molecule has 0 radical (unpaired) electrons. The summed E-state index contributed by atoms with van der Waals surface area (Å²) in [5.41, 5.74) is 0. The molecule has 0 aromatic carbocycles. The monoisotopic (exact) mass is 169 g/mol. The van der Waals surface area contributed by atoms with E-state index in [-0.39, 0.29) is 0 Å². The van der Waals surface area contributed by atoms with Gasteiger partial charge in [-0.05, 0) is 25.9 Å². The first-order valence-corrected chi connectivity index (χ1v) is 4.74. The normalized spacial score (nSPS) is 19.0. The molecule has 0 aromatic heterocycles. The molecule has 3 heteroatoms. The Morgan fingerprint density at radius 2 is 2.33 bits per heavy atom. The smallest absolute Gasteiger partial charge is 0.0963 e. The molecule has 1 aliphatic heterocycles. The van der Waals surface area contributed by atoms with Crippen molar-refractivity contribution in [2.75, 3.05) is 26.7 Å². The van der Waals surface area contributed by atoms with Crippen LogP contribution in [-0.4, -0.2) is 32.5 Å². The largest absolute Gasteiger partial charge is 0.374 e. The molecule has 1 unspecified atom stereocenters. The molecule has 1 atom stereocenters. The number of nitrogens with zero attached hydrogens (tertiary/aromatic N) is 1. The second-order valence-corrected chi connectivity index (χ2v) is 3.48. The number of amidine groups is 1. The molecule has 0 amide bonds. The molecular formula is C9H19N3. The van der Waals surface area contributed by atoms with Crippen LogP contribution in [0.5, 0.6) is 0 Å². The zero-order valence-electron chi connectivity index (χ0n) is 8.06. The van der Waals surface area contributed by atoms with Gasteiger partial charge in [-0.1, -0.05) is 6.92 Å². The van der Waals surface area contributed by atoms with Crippen molar-refractivity contribution >= 4 is 5.84 Å². The Morgan fingerprint density at radius 1 is 1.50 bits per heavy atom. The van der Waals surface area contributed by atoms with Crippen LogP contribution in [0.25, 0.3) is 0 Å². The summed E-state index contributed by atoms with van der Waals surface area (Å²) in [4.78, 5) is 4.35. The van der Waals surface area contributed by atoms with Gasteiger partial charge in [0.25, 0.3) is 0 Å². The lowest BCUT2D eigenvalue weighted by Crippen LogP contribution is -2.31. The molecule has 3 nitrogen and oxygen atoms in total. The third-order valence-electron chi connectivity index (χ3n) is 2.08. The van der Waals surface area contributed by atoms with E-state index in [9.17, 15) is 0 Å². The first-order valence-electron chi connectivity index (χ1n) is 4.74. The molecule has 70 valence electrons. The average Bonchev–Trinajstić information content (AvgIpc) is 2.53. The van der Waals surface area contributed by atoms with Gasteiger partial charge in [-0.15, -0.1) is 0 Å². The number of nitrogens with one attached hydrogen (secondary N) is 2. The van der Waals surface area contributed by atoms with Gasteiger partial charge in [0.15, 0.2) is 0 Å². The van der Waals surface area contributed by atoms with Crippen LogP contribution in [0.15, 0.2) is 4.99 Å². The van der Waals surface area contributed by atoms with Crippen LogP contribution in [0.1, 0.15) is 19.8 Å². The van der Waals surface area contributed by atoms with Gasteiger partial charge in [0.2, 0.25) is 0 Å². The van der Waals surface area contributed by atoms with Crippen LogP contribution in [0, 0.1) is 5.92 Å². The SMILES string of the molecule is CNCC(C)CNC1=NCCC1. The highest BCUT2D eigenvalue weighted by molar-refractivity contribution is 5.83. The number of hydrogen-bond acceptors (Lipinski definition) is 3. The molecule has 0 aliphatic carbocycles. The Morgan fingerprint density at radius 3 is 2.92 bits per heavy atom. The molecule has 0 bridgehead atoms. The molecule has 0 saturated carbocycles. The highest BCUT2D eigenvalue weighted by Crippen LogP contribution is 2.01. The molecule has 1 aliphatic rings. The third-order valence-corrected chi connectivity index (χ3v) is 2.08. The van der Waals surface area contributed by atoms with Gasteiger partial charge in [-0.3, -0.25) is 4.99 Å². The maximum absolute atomic E-state index is 4.35. The van der Waals surface area contributed by atoms with Crippen molar-refractivity contribution in [2.45, 2.75) is 19.8 Å². The van der Waals surface area contributed by atoms with Crippen LogP contribution < -0.4 is 10.6 Å². The molecule has 1 heterocycles. The van der Waals surface area contributed by atoms with E-state index in [1.807, 2.05) is 7.05 Å². The van der Waals surface area contributed by atoms with E-state index >= 15 is 0 Å². The summed E-state index contributed by atoms with van der Waals surface area (Å²) in [6.45, 7) is 5.36. The average molecular weight is 169 g/mol. The highest BCUT2D eigenvalue weighted by atomic mass is 15.0. The summed E-state index contributed by atoms with van der Waals surface area (Å²) in [6.07, 6.45) is 2.37. The summed E-state index contributed by atoms with van der Waals surface area (Å²) in [7, 11) is 1.99. The second kappa shape index (κ2) is 5.14. The Bertz CT molecular complexity index is 154. The van der Waals surface area contributed by atoms with Gasteiger partial charge in [0.05, 0.1) is 5.84 Å².